The Bertz CT molecular complexity index is 565. The van der Waals surface area contributed by atoms with E-state index in [1.807, 2.05) is 14.0 Å². The summed E-state index contributed by atoms with van der Waals surface area (Å²) in [5.41, 5.74) is 7.23. The van der Waals surface area contributed by atoms with Crippen molar-refractivity contribution in [2.75, 3.05) is 12.4 Å². The second-order valence-corrected chi connectivity index (χ2v) is 4.64. The van der Waals surface area contributed by atoms with Crippen molar-refractivity contribution in [1.29, 1.82) is 0 Å². The summed E-state index contributed by atoms with van der Waals surface area (Å²) >= 11 is 0. The van der Waals surface area contributed by atoms with Gasteiger partial charge in [0, 0.05) is 12.7 Å². The molecule has 1 N–H and O–H groups in total. The van der Waals surface area contributed by atoms with Crippen molar-refractivity contribution >= 4 is 11.3 Å². The largest absolute Gasteiger partial charge is 0.388 e. The lowest BCUT2D eigenvalue weighted by Crippen LogP contribution is -1.91. The van der Waals surface area contributed by atoms with Gasteiger partial charge in [-0.15, -0.1) is 0 Å². The second-order valence-electron chi connectivity index (χ2n) is 4.64. The van der Waals surface area contributed by atoms with E-state index in [1.54, 1.807) is 0 Å². The lowest BCUT2D eigenvalue weighted by atomic mass is 10.00. The highest BCUT2D eigenvalue weighted by Crippen LogP contribution is 2.25. The number of hydrogen-bond donors (Lipinski definition) is 1. The number of hydrogen-bond acceptors (Lipinski definition) is 1. The molecule has 0 amide bonds. The standard InChI is InChI=1S/C17H19N/c1-12(2)14-5-7-15(8-6-14)16-9-10-17(18-4)13(3)11-16/h5-11,18H,1H2,2-4H3. The van der Waals surface area contributed by atoms with E-state index >= 15 is 0 Å². The average molecular weight is 237 g/mol. The minimum Gasteiger partial charge on any atom is -0.388 e. The van der Waals surface area contributed by atoms with Crippen LogP contribution in [0.2, 0.25) is 0 Å². The van der Waals surface area contributed by atoms with Crippen LogP contribution in [0.5, 0.6) is 0 Å². The number of allylic oxidation sites excluding steroid dienone is 1. The summed E-state index contributed by atoms with van der Waals surface area (Å²) in [6.07, 6.45) is 0. The van der Waals surface area contributed by atoms with Crippen LogP contribution in [0.4, 0.5) is 5.69 Å². The van der Waals surface area contributed by atoms with E-state index in [9.17, 15) is 0 Å². The van der Waals surface area contributed by atoms with Gasteiger partial charge in [-0.2, -0.15) is 0 Å². The minimum atomic E-state index is 1.10. The van der Waals surface area contributed by atoms with Gasteiger partial charge in [-0.25, -0.2) is 0 Å². The van der Waals surface area contributed by atoms with Gasteiger partial charge >= 0.3 is 0 Å². The third kappa shape index (κ3) is 2.45. The zero-order chi connectivity index (χ0) is 13.1. The first-order valence-electron chi connectivity index (χ1n) is 6.16. The molecule has 0 aromatic heterocycles. The third-order valence-corrected chi connectivity index (χ3v) is 3.21. The molecule has 0 spiro atoms. The Balaban J connectivity index is 2.36. The van der Waals surface area contributed by atoms with Gasteiger partial charge in [0.2, 0.25) is 0 Å². The van der Waals surface area contributed by atoms with Crippen LogP contribution in [-0.4, -0.2) is 7.05 Å². The number of nitrogens with one attached hydrogen (secondary N) is 1. The second kappa shape index (κ2) is 5.09. The van der Waals surface area contributed by atoms with Crippen LogP contribution in [0, 0.1) is 6.92 Å². The molecule has 18 heavy (non-hydrogen) atoms. The van der Waals surface area contributed by atoms with Crippen molar-refractivity contribution in [3.05, 3.63) is 60.2 Å². The number of benzene rings is 2. The van der Waals surface area contributed by atoms with E-state index in [1.165, 1.54) is 27.9 Å². The van der Waals surface area contributed by atoms with Gasteiger partial charge in [-0.1, -0.05) is 42.5 Å². The van der Waals surface area contributed by atoms with Gasteiger partial charge in [-0.05, 0) is 48.2 Å². The van der Waals surface area contributed by atoms with E-state index in [0.29, 0.717) is 0 Å². The third-order valence-electron chi connectivity index (χ3n) is 3.21. The molecule has 0 heterocycles. The maximum atomic E-state index is 3.96. The highest BCUT2D eigenvalue weighted by atomic mass is 14.8. The van der Waals surface area contributed by atoms with Crippen molar-refractivity contribution in [1.82, 2.24) is 0 Å². The molecule has 1 heteroatoms. The van der Waals surface area contributed by atoms with E-state index in [4.69, 9.17) is 0 Å². The maximum Gasteiger partial charge on any atom is 0.0367 e. The average Bonchev–Trinajstić information content (AvgIpc) is 2.38. The highest BCUT2D eigenvalue weighted by Gasteiger charge is 2.01. The number of anilines is 1. The molecule has 92 valence electrons. The van der Waals surface area contributed by atoms with Crippen molar-refractivity contribution < 1.29 is 0 Å². The van der Waals surface area contributed by atoms with Gasteiger partial charge in [0.15, 0.2) is 0 Å². The van der Waals surface area contributed by atoms with Crippen LogP contribution in [0.3, 0.4) is 0 Å². The monoisotopic (exact) mass is 237 g/mol. The first-order chi connectivity index (χ1) is 8.61. The van der Waals surface area contributed by atoms with E-state index in [2.05, 4.69) is 61.3 Å². The van der Waals surface area contributed by atoms with Gasteiger partial charge in [-0.3, -0.25) is 0 Å². The summed E-state index contributed by atoms with van der Waals surface area (Å²) < 4.78 is 0. The lowest BCUT2D eigenvalue weighted by molar-refractivity contribution is 1.40. The first-order valence-corrected chi connectivity index (χ1v) is 6.16. The van der Waals surface area contributed by atoms with Gasteiger partial charge in [0.25, 0.3) is 0 Å². The summed E-state index contributed by atoms with van der Waals surface area (Å²) in [5.74, 6) is 0. The molecule has 0 atom stereocenters. The Kier molecular flexibility index (Phi) is 3.52. The van der Waals surface area contributed by atoms with Crippen LogP contribution in [0.15, 0.2) is 49.0 Å². The molecule has 0 bridgehead atoms. The molecule has 0 aliphatic rings. The molecular formula is C17H19N. The fourth-order valence-electron chi connectivity index (χ4n) is 2.07. The van der Waals surface area contributed by atoms with Crippen LogP contribution in [0.1, 0.15) is 18.1 Å². The molecule has 0 unspecified atom stereocenters. The molecule has 0 aliphatic carbocycles. The van der Waals surface area contributed by atoms with Gasteiger partial charge < -0.3 is 5.32 Å². The van der Waals surface area contributed by atoms with E-state index in [0.717, 1.165) is 5.57 Å². The number of aryl methyl sites for hydroxylation is 1. The quantitative estimate of drug-likeness (QED) is 0.813. The molecule has 2 rings (SSSR count). The van der Waals surface area contributed by atoms with E-state index in [-0.39, 0.29) is 0 Å². The molecular weight excluding hydrogens is 218 g/mol. The summed E-state index contributed by atoms with van der Waals surface area (Å²) in [7, 11) is 1.95. The summed E-state index contributed by atoms with van der Waals surface area (Å²) in [6.45, 7) is 8.11. The zero-order valence-corrected chi connectivity index (χ0v) is 11.2. The van der Waals surface area contributed by atoms with Crippen LogP contribution in [-0.2, 0) is 0 Å². The van der Waals surface area contributed by atoms with E-state index < -0.39 is 0 Å². The topological polar surface area (TPSA) is 12.0 Å². The molecule has 0 fully saturated rings. The highest BCUT2D eigenvalue weighted by molar-refractivity contribution is 5.71. The Morgan fingerprint density at radius 2 is 1.61 bits per heavy atom. The SMILES string of the molecule is C=C(C)c1ccc(-c2ccc(NC)c(C)c2)cc1. The lowest BCUT2D eigenvalue weighted by Gasteiger charge is -2.09. The summed E-state index contributed by atoms with van der Waals surface area (Å²) in [4.78, 5) is 0. The van der Waals surface area contributed by atoms with Crippen molar-refractivity contribution in [3.63, 3.8) is 0 Å². The molecule has 2 aromatic rings. The zero-order valence-electron chi connectivity index (χ0n) is 11.2. The molecule has 0 saturated carbocycles. The molecule has 1 nitrogen and oxygen atoms in total. The van der Waals surface area contributed by atoms with Crippen molar-refractivity contribution in [3.8, 4) is 11.1 Å². The van der Waals surface area contributed by atoms with Gasteiger partial charge in [0.05, 0.1) is 0 Å². The smallest absolute Gasteiger partial charge is 0.0367 e. The molecule has 0 saturated heterocycles. The molecule has 2 aromatic carbocycles. The summed E-state index contributed by atoms with van der Waals surface area (Å²) in [6, 6.07) is 15.0. The van der Waals surface area contributed by atoms with Crippen LogP contribution >= 0.6 is 0 Å². The fraction of sp³-hybridized carbons (Fsp3) is 0.176. The first kappa shape index (κ1) is 12.4. The predicted molar refractivity (Wildman–Crippen MR) is 80.9 cm³/mol. The van der Waals surface area contributed by atoms with Crippen LogP contribution < -0.4 is 5.32 Å². The Morgan fingerprint density at radius 3 is 2.11 bits per heavy atom. The Labute approximate surface area is 109 Å². The molecule has 0 radical (unpaired) electrons. The minimum absolute atomic E-state index is 1.10. The molecule has 0 aliphatic heterocycles. The Hall–Kier alpha value is -2.02. The Morgan fingerprint density at radius 1 is 1.00 bits per heavy atom. The normalized spacial score (nSPS) is 10.2. The van der Waals surface area contributed by atoms with Crippen LogP contribution in [0.25, 0.3) is 16.7 Å². The van der Waals surface area contributed by atoms with Crippen molar-refractivity contribution in [2.24, 2.45) is 0 Å². The number of rotatable bonds is 3. The predicted octanol–water partition coefficient (Wildman–Crippen LogP) is 4.74. The van der Waals surface area contributed by atoms with Crippen molar-refractivity contribution in [2.45, 2.75) is 13.8 Å². The van der Waals surface area contributed by atoms with Gasteiger partial charge in [0.1, 0.15) is 0 Å². The maximum absolute atomic E-state index is 3.96. The summed E-state index contributed by atoms with van der Waals surface area (Å²) in [5, 5.41) is 3.19. The fourth-order valence-corrected chi connectivity index (χ4v) is 2.07.